The van der Waals surface area contributed by atoms with Crippen LogP contribution in [-0.2, 0) is 28.7 Å². The van der Waals surface area contributed by atoms with Gasteiger partial charge in [-0.3, -0.25) is 14.4 Å². The van der Waals surface area contributed by atoms with Crippen molar-refractivity contribution in [3.8, 4) is 0 Å². The Morgan fingerprint density at radius 3 is 1.81 bits per heavy atom. The second-order valence-corrected chi connectivity index (χ2v) is 8.93. The lowest BCUT2D eigenvalue weighted by atomic mass is 9.93. The van der Waals surface area contributed by atoms with E-state index in [9.17, 15) is 24.3 Å². The molecule has 2 atom stereocenters. The van der Waals surface area contributed by atoms with Crippen LogP contribution in [0.4, 0.5) is 0 Å². The molecule has 1 unspecified atom stereocenters. The van der Waals surface area contributed by atoms with Crippen molar-refractivity contribution in [2.24, 2.45) is 0 Å². The molecular weight excluding hydrogens is 356 g/mol. The Bertz CT molecular complexity index is 575. The third-order valence-corrected chi connectivity index (χ3v) is 3.59. The van der Waals surface area contributed by atoms with E-state index in [-0.39, 0.29) is 17.4 Å². The van der Waals surface area contributed by atoms with Crippen LogP contribution in [0, 0.1) is 0 Å². The molecule has 0 aliphatic heterocycles. The summed E-state index contributed by atoms with van der Waals surface area (Å²) in [6.07, 6.45) is -1.78. The van der Waals surface area contributed by atoms with Crippen molar-refractivity contribution < 1.29 is 42.7 Å². The predicted molar refractivity (Wildman–Crippen MR) is 95.1 cm³/mol. The standard InChI is InChI=1S/C18H33N2O7/c1-13(21)18(10-16(23)24,12-20(6,7)8)27-17(25)9-15(26-14(2)22)11-19(3,4)5/h15H,9-12H2,1-8H3/q+1/t15-,18?/m1/s1. The molecule has 9 nitrogen and oxygen atoms in total. The van der Waals surface area contributed by atoms with Crippen LogP contribution >= 0.6 is 0 Å². The molecule has 0 aromatic rings. The summed E-state index contributed by atoms with van der Waals surface area (Å²) in [6.45, 7) is 2.73. The van der Waals surface area contributed by atoms with Gasteiger partial charge in [-0.1, -0.05) is 0 Å². The Labute approximate surface area is 161 Å². The zero-order valence-electron chi connectivity index (χ0n) is 17.7. The van der Waals surface area contributed by atoms with Gasteiger partial charge in [-0.25, -0.2) is 0 Å². The average molecular weight is 389 g/mol. The van der Waals surface area contributed by atoms with E-state index in [0.717, 1.165) is 0 Å². The Morgan fingerprint density at radius 2 is 1.48 bits per heavy atom. The smallest absolute Gasteiger partial charge is 0.311 e. The molecule has 156 valence electrons. The molecule has 0 bridgehead atoms. The molecule has 0 saturated heterocycles. The summed E-state index contributed by atoms with van der Waals surface area (Å²) in [4.78, 5) is 47.3. The van der Waals surface area contributed by atoms with Gasteiger partial charge >= 0.3 is 11.9 Å². The first-order valence-electron chi connectivity index (χ1n) is 8.67. The number of nitrogens with zero attached hydrogens (tertiary/aromatic N) is 2. The highest BCUT2D eigenvalue weighted by Gasteiger charge is 2.45. The second-order valence-electron chi connectivity index (χ2n) is 8.93. The number of likely N-dealkylation sites (N-methyl/N-ethyl adjacent to an activating group) is 2. The van der Waals surface area contributed by atoms with Gasteiger partial charge in [-0.15, -0.1) is 0 Å². The van der Waals surface area contributed by atoms with E-state index < -0.39 is 41.8 Å². The number of carbonyl (C=O) groups excluding carboxylic acids is 4. The number of aliphatic carboxylic acids is 1. The SMILES string of the molecule is CC(=O)O[C@H](CC(=O)OC(CC(=O)[O-])(C[N+](C)(C)C)C(C)=O)C[N+](C)(C)C. The van der Waals surface area contributed by atoms with Crippen LogP contribution in [0.25, 0.3) is 0 Å². The first-order chi connectivity index (χ1) is 12.0. The summed E-state index contributed by atoms with van der Waals surface area (Å²) in [5, 5.41) is 11.2. The van der Waals surface area contributed by atoms with Gasteiger partial charge in [0.15, 0.2) is 11.9 Å². The number of quaternary nitrogens is 2. The highest BCUT2D eigenvalue weighted by Crippen LogP contribution is 2.23. The molecule has 0 N–H and O–H groups in total. The first kappa shape index (κ1) is 25.0. The van der Waals surface area contributed by atoms with Gasteiger partial charge in [-0.2, -0.15) is 0 Å². The maximum absolute atomic E-state index is 12.5. The van der Waals surface area contributed by atoms with E-state index in [0.29, 0.717) is 11.0 Å². The molecular formula is C18H33N2O7+. The molecule has 0 aromatic heterocycles. The van der Waals surface area contributed by atoms with Crippen LogP contribution in [0.3, 0.4) is 0 Å². The molecule has 0 amide bonds. The lowest BCUT2D eigenvalue weighted by molar-refractivity contribution is -0.875. The lowest BCUT2D eigenvalue weighted by Gasteiger charge is -2.37. The van der Waals surface area contributed by atoms with Crippen LogP contribution < -0.4 is 5.11 Å². The van der Waals surface area contributed by atoms with E-state index in [1.165, 1.54) is 13.8 Å². The molecule has 0 heterocycles. The van der Waals surface area contributed by atoms with Crippen molar-refractivity contribution in [1.29, 1.82) is 0 Å². The zero-order chi connectivity index (χ0) is 21.6. The maximum Gasteiger partial charge on any atom is 0.311 e. The highest BCUT2D eigenvalue weighted by molar-refractivity contribution is 5.91. The van der Waals surface area contributed by atoms with E-state index in [1.807, 2.05) is 21.1 Å². The molecule has 0 radical (unpaired) electrons. The van der Waals surface area contributed by atoms with Gasteiger partial charge in [0.05, 0.1) is 48.7 Å². The van der Waals surface area contributed by atoms with Crippen molar-refractivity contribution in [2.45, 2.75) is 38.4 Å². The zero-order valence-corrected chi connectivity index (χ0v) is 17.7. The van der Waals surface area contributed by atoms with Crippen LogP contribution in [0.5, 0.6) is 0 Å². The van der Waals surface area contributed by atoms with Crippen molar-refractivity contribution in [3.05, 3.63) is 0 Å². The van der Waals surface area contributed by atoms with E-state index in [2.05, 4.69) is 0 Å². The summed E-state index contributed by atoms with van der Waals surface area (Å²) in [6, 6.07) is 0. The number of ether oxygens (including phenoxy) is 2. The van der Waals surface area contributed by atoms with E-state index in [4.69, 9.17) is 9.47 Å². The average Bonchev–Trinajstić information content (AvgIpc) is 2.31. The summed E-state index contributed by atoms with van der Waals surface area (Å²) in [7, 11) is 10.9. The number of Topliss-reactive ketones (excluding diaryl/α,β-unsaturated/α-hetero) is 1. The molecule has 9 heteroatoms. The molecule has 27 heavy (non-hydrogen) atoms. The van der Waals surface area contributed by atoms with E-state index >= 15 is 0 Å². The van der Waals surface area contributed by atoms with Crippen molar-refractivity contribution in [2.75, 3.05) is 55.4 Å². The topological polar surface area (TPSA) is 110 Å². The Morgan fingerprint density at radius 1 is 0.963 bits per heavy atom. The Kier molecular flexibility index (Phi) is 8.59. The van der Waals surface area contributed by atoms with E-state index in [1.54, 1.807) is 21.1 Å². The first-order valence-corrected chi connectivity index (χ1v) is 8.67. The van der Waals surface area contributed by atoms with Crippen LogP contribution in [0.15, 0.2) is 0 Å². The van der Waals surface area contributed by atoms with Crippen LogP contribution in [0.1, 0.15) is 26.7 Å². The highest BCUT2D eigenvalue weighted by atomic mass is 16.6. The summed E-state index contributed by atoms with van der Waals surface area (Å²) >= 11 is 0. The molecule has 0 aliphatic carbocycles. The number of carboxylic acids is 1. The fourth-order valence-corrected chi connectivity index (χ4v) is 2.87. The second kappa shape index (κ2) is 9.27. The number of carboxylic acid groups (broad SMARTS) is 1. The summed E-state index contributed by atoms with van der Waals surface area (Å²) < 4.78 is 11.2. The number of rotatable bonds is 11. The van der Waals surface area contributed by atoms with Gasteiger partial charge in [0.25, 0.3) is 0 Å². The Balaban J connectivity index is 5.54. The summed E-state index contributed by atoms with van der Waals surface area (Å²) in [5.74, 6) is -3.42. The number of carbonyl (C=O) groups is 4. The normalized spacial score (nSPS) is 15.4. The van der Waals surface area contributed by atoms with Crippen LogP contribution in [0.2, 0.25) is 0 Å². The van der Waals surface area contributed by atoms with Crippen molar-refractivity contribution in [3.63, 3.8) is 0 Å². The largest absolute Gasteiger partial charge is 0.550 e. The molecule has 0 aliphatic rings. The number of hydrogen-bond acceptors (Lipinski definition) is 7. The molecule has 0 saturated carbocycles. The number of ketones is 1. The summed E-state index contributed by atoms with van der Waals surface area (Å²) in [5.41, 5.74) is -1.84. The Hall–Kier alpha value is -2.00. The predicted octanol–water partition coefficient (Wildman–Crippen LogP) is -1.27. The minimum absolute atomic E-state index is 0.0321. The maximum atomic E-state index is 12.5. The minimum atomic E-state index is -1.84. The fourth-order valence-electron chi connectivity index (χ4n) is 2.87. The van der Waals surface area contributed by atoms with Gasteiger partial charge in [0, 0.05) is 19.3 Å². The third kappa shape index (κ3) is 10.7. The number of esters is 2. The monoisotopic (exact) mass is 389 g/mol. The number of hydrogen-bond donors (Lipinski definition) is 0. The molecule has 0 fully saturated rings. The quantitative estimate of drug-likeness (QED) is 0.320. The van der Waals surface area contributed by atoms with Crippen molar-refractivity contribution >= 4 is 23.7 Å². The fraction of sp³-hybridized carbons (Fsp3) is 0.778. The van der Waals surface area contributed by atoms with Gasteiger partial charge in [-0.05, 0) is 6.92 Å². The van der Waals surface area contributed by atoms with Gasteiger partial charge < -0.3 is 28.3 Å². The van der Waals surface area contributed by atoms with Gasteiger partial charge in [0.1, 0.15) is 13.1 Å². The van der Waals surface area contributed by atoms with Crippen molar-refractivity contribution in [1.82, 2.24) is 0 Å². The van der Waals surface area contributed by atoms with Gasteiger partial charge in [0.2, 0.25) is 5.60 Å². The third-order valence-electron chi connectivity index (χ3n) is 3.59. The molecule has 0 rings (SSSR count). The minimum Gasteiger partial charge on any atom is -0.550 e. The molecule has 0 spiro atoms. The lowest BCUT2D eigenvalue weighted by Crippen LogP contribution is -2.58. The molecule has 0 aromatic carbocycles. The van der Waals surface area contributed by atoms with Crippen LogP contribution in [-0.4, -0.2) is 99.7 Å².